The van der Waals surface area contributed by atoms with Gasteiger partial charge in [0.1, 0.15) is 0 Å². The summed E-state index contributed by atoms with van der Waals surface area (Å²) in [7, 11) is 0. The molecule has 0 spiro atoms. The van der Waals surface area contributed by atoms with Gasteiger partial charge in [-0.1, -0.05) is 90.8 Å². The third kappa shape index (κ3) is 9.93. The van der Waals surface area contributed by atoms with Gasteiger partial charge in [-0.25, -0.2) is 23.4 Å². The molecule has 0 bridgehead atoms. The third-order valence-corrected chi connectivity index (χ3v) is 8.75. The van der Waals surface area contributed by atoms with Crippen molar-refractivity contribution in [1.29, 1.82) is 0 Å². The minimum absolute atomic E-state index is 0.179. The number of unbranched alkanes of at least 4 members (excludes halogenated alkanes) is 3. The van der Waals surface area contributed by atoms with Crippen LogP contribution in [-0.4, -0.2) is 47.0 Å². The quantitative estimate of drug-likeness (QED) is 0.159. The number of hydrogen-bond donors (Lipinski definition) is 1. The topological polar surface area (TPSA) is 142 Å². The second-order valence-corrected chi connectivity index (χ2v) is 12.5. The summed E-state index contributed by atoms with van der Waals surface area (Å²) in [5, 5.41) is 13.3. The first kappa shape index (κ1) is 38.1. The highest BCUT2D eigenvalue weighted by atomic mass is 35.5. The van der Waals surface area contributed by atoms with E-state index in [9.17, 15) is 14.4 Å². The average molecular weight is 759 g/mol. The Morgan fingerprint density at radius 2 is 1.28 bits per heavy atom. The van der Waals surface area contributed by atoms with Crippen LogP contribution in [0.5, 0.6) is 0 Å². The van der Waals surface area contributed by atoms with Crippen LogP contribution in [0.2, 0.25) is 20.1 Å². The maximum atomic E-state index is 12.7. The Balaban J connectivity index is 0.000000221. The summed E-state index contributed by atoms with van der Waals surface area (Å²) in [5.41, 5.74) is 2.71. The Morgan fingerprint density at radius 3 is 1.82 bits per heavy atom. The van der Waals surface area contributed by atoms with E-state index in [2.05, 4.69) is 22.4 Å². The molecule has 12 nitrogen and oxygen atoms in total. The van der Waals surface area contributed by atoms with Gasteiger partial charge >= 0.3 is 17.5 Å². The fraction of sp³-hybridized carbons (Fsp3) is 0.235. The maximum absolute atomic E-state index is 12.7. The zero-order valence-electron chi connectivity index (χ0n) is 26.7. The van der Waals surface area contributed by atoms with Crippen LogP contribution in [0.25, 0.3) is 11.3 Å². The number of nitrogens with one attached hydrogen (secondary N) is 1. The number of hydrogen-bond acceptors (Lipinski definition) is 7. The highest BCUT2D eigenvalue weighted by molar-refractivity contribution is 6.42. The first-order valence-electron chi connectivity index (χ1n) is 15.3. The van der Waals surface area contributed by atoms with Crippen molar-refractivity contribution in [2.75, 3.05) is 6.54 Å². The van der Waals surface area contributed by atoms with E-state index in [0.717, 1.165) is 36.8 Å². The Hall–Kier alpha value is -4.71. The molecule has 6 aromatic rings. The van der Waals surface area contributed by atoms with Gasteiger partial charge in [0.2, 0.25) is 0 Å². The van der Waals surface area contributed by atoms with Crippen LogP contribution >= 0.6 is 46.4 Å². The highest BCUT2D eigenvalue weighted by Crippen LogP contribution is 2.23. The summed E-state index contributed by atoms with van der Waals surface area (Å²) >= 11 is 23.8. The van der Waals surface area contributed by atoms with E-state index < -0.39 is 0 Å². The molecule has 0 saturated heterocycles. The lowest BCUT2D eigenvalue weighted by atomic mass is 10.2. The maximum Gasteiger partial charge on any atom is 0.373 e. The molecule has 0 aliphatic heterocycles. The number of fused-ring (bicyclic) bond motifs is 2. The molecule has 0 aliphatic carbocycles. The first-order valence-corrected chi connectivity index (χ1v) is 16.9. The van der Waals surface area contributed by atoms with E-state index in [0.29, 0.717) is 50.0 Å². The molecule has 4 heterocycles. The van der Waals surface area contributed by atoms with E-state index in [1.54, 1.807) is 60.8 Å². The Labute approximate surface area is 305 Å². The van der Waals surface area contributed by atoms with Gasteiger partial charge in [0.15, 0.2) is 11.3 Å². The zero-order chi connectivity index (χ0) is 36.2. The molecule has 4 aromatic heterocycles. The standard InChI is InChI=1S/C20H22Cl2N4O2.C13H9Cl2N3O.CO2/c1-2-3-4-5-10-23-19(27)15-7-9-18-24-26(20(28)25(18)13-15)12-14-6-8-16(21)17(22)11-14;14-10-5-4-9(7-11(10)15)8-18-13(19)17-6-2-1-3-12(17)16-18;2-1-3/h6-9,11,13H,2-5,10,12H2,1H3,(H,23,27);1-7H,8H2;. The van der Waals surface area contributed by atoms with Crippen LogP contribution in [0.15, 0.2) is 88.7 Å². The molecule has 0 fully saturated rings. The van der Waals surface area contributed by atoms with Gasteiger partial charge in [0.25, 0.3) is 5.91 Å². The van der Waals surface area contributed by atoms with Crippen LogP contribution in [0.3, 0.4) is 0 Å². The van der Waals surface area contributed by atoms with Crippen LogP contribution in [-0.2, 0) is 22.7 Å². The molecule has 0 atom stereocenters. The van der Waals surface area contributed by atoms with Crippen molar-refractivity contribution < 1.29 is 14.4 Å². The van der Waals surface area contributed by atoms with Crippen LogP contribution in [0, 0.1) is 0 Å². The zero-order valence-corrected chi connectivity index (χ0v) is 29.7. The summed E-state index contributed by atoms with van der Waals surface area (Å²) in [6, 6.07) is 19.2. The fourth-order valence-corrected chi connectivity index (χ4v) is 5.45. The fourth-order valence-electron chi connectivity index (χ4n) is 4.80. The number of aromatic nitrogens is 6. The van der Waals surface area contributed by atoms with Gasteiger partial charge in [-0.3, -0.25) is 9.20 Å². The lowest BCUT2D eigenvalue weighted by Crippen LogP contribution is -2.26. The van der Waals surface area contributed by atoms with E-state index in [1.165, 1.54) is 24.4 Å². The number of amides is 1. The van der Waals surface area contributed by atoms with E-state index in [4.69, 9.17) is 56.0 Å². The van der Waals surface area contributed by atoms with E-state index in [-0.39, 0.29) is 30.0 Å². The van der Waals surface area contributed by atoms with Crippen molar-refractivity contribution in [3.05, 3.63) is 137 Å². The molecule has 0 unspecified atom stereocenters. The van der Waals surface area contributed by atoms with Gasteiger partial charge in [-0.2, -0.15) is 9.59 Å². The minimum Gasteiger partial charge on any atom is -0.352 e. The van der Waals surface area contributed by atoms with Crippen LogP contribution in [0.1, 0.15) is 54.1 Å². The van der Waals surface area contributed by atoms with Crippen molar-refractivity contribution in [3.63, 3.8) is 0 Å². The van der Waals surface area contributed by atoms with Crippen molar-refractivity contribution in [2.24, 2.45) is 0 Å². The van der Waals surface area contributed by atoms with Gasteiger partial charge in [-0.15, -0.1) is 10.2 Å². The molecule has 0 saturated carbocycles. The number of pyridine rings is 2. The molecule has 0 aliphatic rings. The van der Waals surface area contributed by atoms with Crippen LogP contribution < -0.4 is 16.7 Å². The number of nitrogens with zero attached hydrogens (tertiary/aromatic N) is 6. The lowest BCUT2D eigenvalue weighted by molar-refractivity contribution is -0.191. The highest BCUT2D eigenvalue weighted by Gasteiger charge is 2.12. The monoisotopic (exact) mass is 757 g/mol. The summed E-state index contributed by atoms with van der Waals surface area (Å²) in [4.78, 5) is 53.3. The lowest BCUT2D eigenvalue weighted by Gasteiger charge is -2.05. The second-order valence-electron chi connectivity index (χ2n) is 10.9. The smallest absolute Gasteiger partial charge is 0.352 e. The summed E-state index contributed by atoms with van der Waals surface area (Å²) in [6.07, 6.45) is 7.82. The van der Waals surface area contributed by atoms with Gasteiger partial charge in [-0.05, 0) is 66.1 Å². The van der Waals surface area contributed by atoms with Crippen molar-refractivity contribution in [3.8, 4) is 0 Å². The van der Waals surface area contributed by atoms with Gasteiger partial charge in [0, 0.05) is 18.9 Å². The minimum atomic E-state index is -0.321. The number of carbonyl (C=O) groups is 1. The predicted molar refractivity (Wildman–Crippen MR) is 192 cm³/mol. The average Bonchev–Trinajstić information content (AvgIpc) is 3.59. The molecule has 1 N–H and O–H groups in total. The molecule has 50 heavy (non-hydrogen) atoms. The number of carbonyl (C=O) groups excluding carboxylic acids is 3. The molecule has 16 heteroatoms. The molecular formula is C34H31Cl4N7O5. The summed E-state index contributed by atoms with van der Waals surface area (Å²) in [5.74, 6) is -0.192. The van der Waals surface area contributed by atoms with Gasteiger partial charge in [0.05, 0.1) is 38.7 Å². The Morgan fingerprint density at radius 1 is 0.720 bits per heavy atom. The Bertz CT molecular complexity index is 2250. The molecule has 1 amide bonds. The number of benzene rings is 2. The predicted octanol–water partition coefficient (Wildman–Crippen LogP) is 6.43. The molecule has 6 rings (SSSR count). The van der Waals surface area contributed by atoms with Crippen molar-refractivity contribution in [2.45, 2.75) is 45.7 Å². The van der Waals surface area contributed by atoms with E-state index >= 15 is 0 Å². The van der Waals surface area contributed by atoms with E-state index in [1.807, 2.05) is 12.1 Å². The molecule has 0 radical (unpaired) electrons. The molecule has 260 valence electrons. The number of rotatable bonds is 10. The summed E-state index contributed by atoms with van der Waals surface area (Å²) in [6.45, 7) is 3.39. The largest absolute Gasteiger partial charge is 0.373 e. The van der Waals surface area contributed by atoms with Crippen LogP contribution in [0.4, 0.5) is 0 Å². The molecule has 2 aromatic carbocycles. The van der Waals surface area contributed by atoms with Crippen molar-refractivity contribution >= 4 is 69.8 Å². The van der Waals surface area contributed by atoms with Crippen molar-refractivity contribution in [1.82, 2.24) is 33.7 Å². The normalized spacial score (nSPS) is 10.6. The SMILES string of the molecule is CCCCCCNC(=O)c1ccc2nn(Cc3ccc(Cl)c(Cl)c3)c(=O)n2c1.O=C=O.O=c1n(Cc2ccc(Cl)c(Cl)c2)nc2ccccn12. The first-order chi connectivity index (χ1) is 24.1. The third-order valence-electron chi connectivity index (χ3n) is 7.28. The molecular weight excluding hydrogens is 728 g/mol. The number of halogens is 4. The summed E-state index contributed by atoms with van der Waals surface area (Å²) < 4.78 is 5.61. The Kier molecular flexibility index (Phi) is 14.0. The second kappa shape index (κ2) is 18.3. The van der Waals surface area contributed by atoms with Gasteiger partial charge < -0.3 is 5.32 Å².